The number of aromatic nitrogens is 1. The van der Waals surface area contributed by atoms with Gasteiger partial charge in [-0.05, 0) is 34.0 Å². The second-order valence-electron chi connectivity index (χ2n) is 5.44. The average Bonchev–Trinajstić information content (AvgIpc) is 2.60. The third-order valence-electron chi connectivity index (χ3n) is 4.04. The SMILES string of the molecule is CCC(=O)c1c(CC)nc2c(Br)cccc2c1-c1ccccc1. The smallest absolute Gasteiger partial charge is 0.165 e. The number of hydrogen-bond donors (Lipinski definition) is 0. The Morgan fingerprint density at radius 1 is 1.04 bits per heavy atom. The van der Waals surface area contributed by atoms with Gasteiger partial charge in [0.1, 0.15) is 0 Å². The van der Waals surface area contributed by atoms with Crippen molar-refractivity contribution in [2.45, 2.75) is 26.7 Å². The van der Waals surface area contributed by atoms with Crippen molar-refractivity contribution in [3.8, 4) is 11.1 Å². The van der Waals surface area contributed by atoms with Gasteiger partial charge < -0.3 is 0 Å². The van der Waals surface area contributed by atoms with Gasteiger partial charge in [0.05, 0.1) is 11.2 Å². The van der Waals surface area contributed by atoms with Gasteiger partial charge in [0.15, 0.2) is 5.78 Å². The van der Waals surface area contributed by atoms with Crippen LogP contribution in [0.2, 0.25) is 0 Å². The van der Waals surface area contributed by atoms with Crippen LogP contribution < -0.4 is 0 Å². The van der Waals surface area contributed by atoms with Crippen LogP contribution in [0.25, 0.3) is 22.0 Å². The molecule has 0 spiro atoms. The number of aryl methyl sites for hydroxylation is 1. The van der Waals surface area contributed by atoms with Gasteiger partial charge in [-0.3, -0.25) is 9.78 Å². The summed E-state index contributed by atoms with van der Waals surface area (Å²) < 4.78 is 0.956. The quantitative estimate of drug-likeness (QED) is 0.543. The Labute approximate surface area is 144 Å². The van der Waals surface area contributed by atoms with E-state index in [0.717, 1.165) is 44.2 Å². The zero-order valence-corrected chi connectivity index (χ0v) is 14.9. The molecule has 0 N–H and O–H groups in total. The number of para-hydroxylation sites is 1. The summed E-state index contributed by atoms with van der Waals surface area (Å²) in [5.41, 5.74) is 4.61. The maximum atomic E-state index is 12.7. The Morgan fingerprint density at radius 2 is 1.78 bits per heavy atom. The zero-order chi connectivity index (χ0) is 16.4. The number of nitrogens with zero attached hydrogens (tertiary/aromatic N) is 1. The number of ketones is 1. The predicted molar refractivity (Wildman–Crippen MR) is 98.9 cm³/mol. The van der Waals surface area contributed by atoms with Crippen LogP contribution in [-0.4, -0.2) is 10.8 Å². The number of carbonyl (C=O) groups is 1. The first-order valence-corrected chi connectivity index (χ1v) is 8.66. The minimum Gasteiger partial charge on any atom is -0.294 e. The van der Waals surface area contributed by atoms with Gasteiger partial charge in [-0.1, -0.05) is 56.3 Å². The fourth-order valence-corrected chi connectivity index (χ4v) is 3.39. The van der Waals surface area contributed by atoms with E-state index in [-0.39, 0.29) is 5.78 Å². The molecule has 0 unspecified atom stereocenters. The molecule has 0 radical (unpaired) electrons. The Bertz CT molecular complexity index is 872. The van der Waals surface area contributed by atoms with Gasteiger partial charge in [-0.25, -0.2) is 0 Å². The van der Waals surface area contributed by atoms with Crippen molar-refractivity contribution in [3.63, 3.8) is 0 Å². The molecule has 116 valence electrons. The summed E-state index contributed by atoms with van der Waals surface area (Å²) in [6.07, 6.45) is 1.21. The summed E-state index contributed by atoms with van der Waals surface area (Å²) in [5.74, 6) is 0.148. The van der Waals surface area contributed by atoms with Gasteiger partial charge in [0, 0.05) is 27.4 Å². The van der Waals surface area contributed by atoms with Crippen LogP contribution in [0, 0.1) is 0 Å². The van der Waals surface area contributed by atoms with Crippen molar-refractivity contribution in [1.82, 2.24) is 4.98 Å². The van der Waals surface area contributed by atoms with Crippen molar-refractivity contribution in [1.29, 1.82) is 0 Å². The van der Waals surface area contributed by atoms with E-state index < -0.39 is 0 Å². The highest BCUT2D eigenvalue weighted by molar-refractivity contribution is 9.10. The molecule has 0 atom stereocenters. The minimum absolute atomic E-state index is 0.148. The molecule has 0 aliphatic carbocycles. The summed E-state index contributed by atoms with van der Waals surface area (Å²) in [5, 5.41) is 1.01. The van der Waals surface area contributed by atoms with Crippen LogP contribution in [0.1, 0.15) is 36.3 Å². The monoisotopic (exact) mass is 367 g/mol. The molecule has 1 aromatic heterocycles. The number of rotatable bonds is 4. The Hall–Kier alpha value is -2.00. The van der Waals surface area contributed by atoms with Crippen LogP contribution in [0.4, 0.5) is 0 Å². The molecule has 0 saturated carbocycles. The zero-order valence-electron chi connectivity index (χ0n) is 13.3. The molecule has 1 heterocycles. The normalized spacial score (nSPS) is 10.9. The first-order valence-electron chi connectivity index (χ1n) is 7.87. The number of halogens is 1. The fourth-order valence-electron chi connectivity index (χ4n) is 2.94. The lowest BCUT2D eigenvalue weighted by atomic mass is 9.90. The van der Waals surface area contributed by atoms with Gasteiger partial charge >= 0.3 is 0 Å². The highest BCUT2D eigenvalue weighted by Crippen LogP contribution is 2.36. The molecule has 0 fully saturated rings. The molecule has 3 heteroatoms. The first-order chi connectivity index (χ1) is 11.2. The number of fused-ring (bicyclic) bond motifs is 1. The number of hydrogen-bond acceptors (Lipinski definition) is 2. The van der Waals surface area contributed by atoms with Crippen molar-refractivity contribution in [2.75, 3.05) is 0 Å². The lowest BCUT2D eigenvalue weighted by molar-refractivity contribution is 0.0987. The van der Waals surface area contributed by atoms with E-state index in [1.807, 2.05) is 50.2 Å². The second kappa shape index (κ2) is 6.63. The molecule has 0 aliphatic rings. The second-order valence-corrected chi connectivity index (χ2v) is 6.30. The fraction of sp³-hybridized carbons (Fsp3) is 0.200. The summed E-state index contributed by atoms with van der Waals surface area (Å²) in [4.78, 5) is 17.4. The summed E-state index contributed by atoms with van der Waals surface area (Å²) in [6.45, 7) is 3.95. The number of benzene rings is 2. The third-order valence-corrected chi connectivity index (χ3v) is 4.68. The van der Waals surface area contributed by atoms with Crippen LogP contribution in [-0.2, 0) is 6.42 Å². The third kappa shape index (κ3) is 2.81. The van der Waals surface area contributed by atoms with E-state index in [1.54, 1.807) is 0 Å². The highest BCUT2D eigenvalue weighted by Gasteiger charge is 2.21. The van der Waals surface area contributed by atoms with Gasteiger partial charge in [-0.15, -0.1) is 0 Å². The van der Waals surface area contributed by atoms with Gasteiger partial charge in [0.2, 0.25) is 0 Å². The van der Waals surface area contributed by atoms with Crippen molar-refractivity contribution >= 4 is 32.6 Å². The molecule has 0 saturated heterocycles. The number of pyridine rings is 1. The van der Waals surface area contributed by atoms with Crippen LogP contribution in [0.15, 0.2) is 53.0 Å². The van der Waals surface area contributed by atoms with E-state index >= 15 is 0 Å². The summed E-state index contributed by atoms with van der Waals surface area (Å²) >= 11 is 3.60. The molecule has 0 aliphatic heterocycles. The molecule has 3 rings (SSSR count). The molecular weight excluding hydrogens is 350 g/mol. The standard InChI is InChI=1S/C20H18BrNO/c1-3-16-19(17(23)4-2)18(13-9-6-5-7-10-13)14-11-8-12-15(21)20(14)22-16/h5-12H,3-4H2,1-2H3. The van der Waals surface area contributed by atoms with E-state index in [2.05, 4.69) is 28.1 Å². The summed E-state index contributed by atoms with van der Waals surface area (Å²) in [6, 6.07) is 16.1. The topological polar surface area (TPSA) is 30.0 Å². The average molecular weight is 368 g/mol. The van der Waals surface area contributed by atoms with E-state index in [1.165, 1.54) is 0 Å². The largest absolute Gasteiger partial charge is 0.294 e. The van der Waals surface area contributed by atoms with Gasteiger partial charge in [-0.2, -0.15) is 0 Å². The molecule has 0 amide bonds. The van der Waals surface area contributed by atoms with Crippen LogP contribution in [0.5, 0.6) is 0 Å². The summed E-state index contributed by atoms with van der Waals surface area (Å²) in [7, 11) is 0. The van der Waals surface area contributed by atoms with E-state index in [9.17, 15) is 4.79 Å². The lowest BCUT2D eigenvalue weighted by Crippen LogP contribution is -2.08. The minimum atomic E-state index is 0.148. The van der Waals surface area contributed by atoms with Crippen LogP contribution >= 0.6 is 15.9 Å². The highest BCUT2D eigenvalue weighted by atomic mass is 79.9. The molecular formula is C20H18BrNO. The first kappa shape index (κ1) is 15.9. The Kier molecular flexibility index (Phi) is 4.58. The number of Topliss-reactive ketones (excluding diaryl/α,β-unsaturated/α-hetero) is 1. The molecule has 3 aromatic rings. The molecule has 0 bridgehead atoms. The predicted octanol–water partition coefficient (Wildman–Crippen LogP) is 5.82. The number of carbonyl (C=O) groups excluding carboxylic acids is 1. The van der Waals surface area contributed by atoms with E-state index in [4.69, 9.17) is 4.98 Å². The maximum absolute atomic E-state index is 12.7. The Balaban J connectivity index is 2.50. The maximum Gasteiger partial charge on any atom is 0.165 e. The van der Waals surface area contributed by atoms with Crippen LogP contribution in [0.3, 0.4) is 0 Å². The van der Waals surface area contributed by atoms with Gasteiger partial charge in [0.25, 0.3) is 0 Å². The van der Waals surface area contributed by atoms with Crippen molar-refractivity contribution in [2.24, 2.45) is 0 Å². The Morgan fingerprint density at radius 3 is 2.43 bits per heavy atom. The molecule has 2 aromatic carbocycles. The van der Waals surface area contributed by atoms with Crippen molar-refractivity contribution < 1.29 is 4.79 Å². The van der Waals surface area contributed by atoms with E-state index in [0.29, 0.717) is 6.42 Å². The van der Waals surface area contributed by atoms with Crippen molar-refractivity contribution in [3.05, 3.63) is 64.3 Å². The lowest BCUT2D eigenvalue weighted by Gasteiger charge is -2.16. The molecule has 2 nitrogen and oxygen atoms in total. The molecule has 23 heavy (non-hydrogen) atoms.